The number of ether oxygens (including phenoxy) is 1. The van der Waals surface area contributed by atoms with Gasteiger partial charge in [-0.05, 0) is 46.6 Å². The molecule has 31 heavy (non-hydrogen) atoms. The second-order valence-electron chi connectivity index (χ2n) is 9.07. The van der Waals surface area contributed by atoms with Crippen molar-refractivity contribution < 1.29 is 19.1 Å². The number of likely N-dealkylation sites (tertiary alicyclic amines) is 1. The lowest BCUT2D eigenvalue weighted by Crippen LogP contribution is -2.50. The van der Waals surface area contributed by atoms with E-state index < -0.39 is 6.04 Å². The van der Waals surface area contributed by atoms with Crippen LogP contribution in [0.1, 0.15) is 59.3 Å². The van der Waals surface area contributed by atoms with Crippen LogP contribution in [0.25, 0.3) is 0 Å². The average molecular weight is 454 g/mol. The summed E-state index contributed by atoms with van der Waals surface area (Å²) in [6, 6.07) is -0.685. The molecule has 0 aromatic heterocycles. The molecular formula is C23H40N3O4P. The van der Waals surface area contributed by atoms with Crippen molar-refractivity contribution in [2.24, 2.45) is 11.8 Å². The number of ketones is 2. The number of allylic oxidation sites excluding steroid dienone is 1. The van der Waals surface area contributed by atoms with Crippen molar-refractivity contribution >= 4 is 26.9 Å². The van der Waals surface area contributed by atoms with Gasteiger partial charge in [0, 0.05) is 25.5 Å². The number of amides is 1. The first-order valence-electron chi connectivity index (χ1n) is 11.4. The van der Waals surface area contributed by atoms with Crippen molar-refractivity contribution in [2.75, 3.05) is 20.7 Å². The van der Waals surface area contributed by atoms with Gasteiger partial charge in [-0.25, -0.2) is 0 Å². The van der Waals surface area contributed by atoms with Gasteiger partial charge in [-0.2, -0.15) is 0 Å². The Kier molecular flexibility index (Phi) is 9.81. The number of rotatable bonds is 13. The van der Waals surface area contributed by atoms with Crippen molar-refractivity contribution in [1.29, 1.82) is 0 Å². The summed E-state index contributed by atoms with van der Waals surface area (Å²) < 4.78 is 5.49. The van der Waals surface area contributed by atoms with E-state index in [-0.39, 0.29) is 41.1 Å². The molecule has 0 bridgehead atoms. The third kappa shape index (κ3) is 6.01. The first-order valence-corrected chi connectivity index (χ1v) is 12.0. The van der Waals surface area contributed by atoms with Gasteiger partial charge in [0.1, 0.15) is 0 Å². The molecule has 7 nitrogen and oxygen atoms in total. The van der Waals surface area contributed by atoms with Crippen molar-refractivity contribution in [3.05, 3.63) is 12.2 Å². The second-order valence-corrected chi connectivity index (χ2v) is 9.36. The molecule has 0 radical (unpaired) electrons. The van der Waals surface area contributed by atoms with Crippen molar-refractivity contribution in [3.8, 4) is 0 Å². The molecule has 176 valence electrons. The monoisotopic (exact) mass is 453 g/mol. The van der Waals surface area contributed by atoms with Crippen LogP contribution in [0.2, 0.25) is 0 Å². The molecule has 2 unspecified atom stereocenters. The summed E-state index contributed by atoms with van der Waals surface area (Å²) in [6.07, 6.45) is 9.86. The number of unbranched alkanes of at least 4 members (excludes halogenated alkanes) is 3. The molecule has 1 aliphatic carbocycles. The lowest BCUT2D eigenvalue weighted by molar-refractivity contribution is -0.139. The van der Waals surface area contributed by atoms with Crippen LogP contribution in [0.5, 0.6) is 0 Å². The largest absolute Gasteiger partial charge is 0.379 e. The van der Waals surface area contributed by atoms with E-state index in [1.807, 2.05) is 6.92 Å². The van der Waals surface area contributed by atoms with E-state index in [1.54, 1.807) is 32.9 Å². The Morgan fingerprint density at radius 2 is 1.97 bits per heavy atom. The summed E-state index contributed by atoms with van der Waals surface area (Å²) in [6.45, 7) is 5.64. The first kappa shape index (κ1) is 26.1. The molecule has 1 aliphatic heterocycles. The third-order valence-corrected chi connectivity index (χ3v) is 7.59. The molecular weight excluding hydrogens is 413 g/mol. The summed E-state index contributed by atoms with van der Waals surface area (Å²) >= 11 is 0. The summed E-state index contributed by atoms with van der Waals surface area (Å²) in [5, 5.41) is 6.22. The van der Waals surface area contributed by atoms with Crippen molar-refractivity contribution in [2.45, 2.75) is 83.0 Å². The Bertz CT molecular complexity index is 686. The molecule has 8 heteroatoms. The fourth-order valence-corrected chi connectivity index (χ4v) is 5.43. The fourth-order valence-electron chi connectivity index (χ4n) is 4.90. The van der Waals surface area contributed by atoms with Crippen LogP contribution < -0.4 is 10.4 Å². The van der Waals surface area contributed by atoms with Gasteiger partial charge in [0.25, 0.3) is 0 Å². The predicted octanol–water partition coefficient (Wildman–Crippen LogP) is 2.26. The smallest absolute Gasteiger partial charge is 0.240 e. The highest BCUT2D eigenvalue weighted by molar-refractivity contribution is 7.14. The SMILES string of the molecule is CN[C@@H](CCCCC/C=C/[C@@H]1C[C@]1(NP)C(C)=O)C(=O)N1C[C@H](OC)C(C)[C@H]1C(C)=O. The minimum Gasteiger partial charge on any atom is -0.379 e. The molecule has 1 amide bonds. The molecule has 2 fully saturated rings. The van der Waals surface area contributed by atoms with Gasteiger partial charge in [0.15, 0.2) is 11.6 Å². The molecule has 7 atom stereocenters. The predicted molar refractivity (Wildman–Crippen MR) is 126 cm³/mol. The molecule has 2 rings (SSSR count). The van der Waals surface area contributed by atoms with Crippen LogP contribution in [-0.2, 0) is 19.1 Å². The van der Waals surface area contributed by atoms with Gasteiger partial charge in [-0.3, -0.25) is 19.5 Å². The quantitative estimate of drug-likeness (QED) is 0.253. The lowest BCUT2D eigenvalue weighted by atomic mass is 9.97. The fraction of sp³-hybridized carbons (Fsp3) is 0.783. The Hall–Kier alpha value is -1.14. The third-order valence-electron chi connectivity index (χ3n) is 7.08. The van der Waals surface area contributed by atoms with Crippen molar-refractivity contribution in [3.63, 3.8) is 0 Å². The van der Waals surface area contributed by atoms with Gasteiger partial charge in [0.2, 0.25) is 5.91 Å². The maximum absolute atomic E-state index is 13.1. The first-order chi connectivity index (χ1) is 14.7. The summed E-state index contributed by atoms with van der Waals surface area (Å²) in [5.41, 5.74) is -0.367. The van der Waals surface area contributed by atoms with Crippen molar-refractivity contribution in [1.82, 2.24) is 15.3 Å². The highest BCUT2D eigenvalue weighted by Crippen LogP contribution is 2.46. The second kappa shape index (κ2) is 11.6. The van der Waals surface area contributed by atoms with Crippen LogP contribution in [0.3, 0.4) is 0 Å². The molecule has 1 heterocycles. The Balaban J connectivity index is 1.74. The zero-order chi connectivity index (χ0) is 23.2. The van der Waals surface area contributed by atoms with Crippen LogP contribution in [0.15, 0.2) is 12.2 Å². The molecule has 1 saturated heterocycles. The number of hydrogen-bond acceptors (Lipinski definition) is 6. The lowest BCUT2D eigenvalue weighted by Gasteiger charge is -2.28. The van der Waals surface area contributed by atoms with Gasteiger partial charge < -0.3 is 15.0 Å². The van der Waals surface area contributed by atoms with Crippen LogP contribution in [0.4, 0.5) is 0 Å². The van der Waals surface area contributed by atoms with E-state index in [1.165, 1.54) is 0 Å². The number of nitrogens with one attached hydrogen (secondary N) is 2. The number of likely N-dealkylation sites (N-methyl/N-ethyl adjacent to an activating group) is 1. The number of Topliss-reactive ketones (excluding diaryl/α,β-unsaturated/α-hetero) is 2. The highest BCUT2D eigenvalue weighted by atomic mass is 31.0. The van der Waals surface area contributed by atoms with Crippen LogP contribution in [-0.4, -0.2) is 66.8 Å². The highest BCUT2D eigenvalue weighted by Gasteiger charge is 2.55. The maximum Gasteiger partial charge on any atom is 0.240 e. The number of carbonyl (C=O) groups is 3. The number of nitrogens with zero attached hydrogens (tertiary/aromatic N) is 1. The van der Waals surface area contributed by atoms with Gasteiger partial charge in [0.05, 0.1) is 23.7 Å². The minimum absolute atomic E-state index is 0.00505. The molecule has 0 aromatic carbocycles. The molecule has 2 N–H and O–H groups in total. The molecule has 0 spiro atoms. The summed E-state index contributed by atoms with van der Waals surface area (Å²) in [4.78, 5) is 38.7. The van der Waals surface area contributed by atoms with Gasteiger partial charge in [-0.15, -0.1) is 0 Å². The molecule has 1 saturated carbocycles. The van der Waals surface area contributed by atoms with E-state index in [0.717, 1.165) is 38.5 Å². The van der Waals surface area contributed by atoms with Gasteiger partial charge >= 0.3 is 0 Å². The minimum atomic E-state index is -0.404. The zero-order valence-corrected chi connectivity index (χ0v) is 20.8. The summed E-state index contributed by atoms with van der Waals surface area (Å²) in [5.74, 6) is 0.500. The van der Waals surface area contributed by atoms with E-state index in [0.29, 0.717) is 12.5 Å². The van der Waals surface area contributed by atoms with Crippen LogP contribution >= 0.6 is 9.39 Å². The van der Waals surface area contributed by atoms with Gasteiger partial charge in [-0.1, -0.05) is 41.3 Å². The Morgan fingerprint density at radius 3 is 2.48 bits per heavy atom. The van der Waals surface area contributed by atoms with Crippen LogP contribution in [0, 0.1) is 11.8 Å². The summed E-state index contributed by atoms with van der Waals surface area (Å²) in [7, 11) is 5.90. The normalized spacial score (nSPS) is 31.2. The number of carbonyl (C=O) groups excluding carboxylic acids is 3. The standard InChI is InChI=1S/C23H40N3O4P/c1-15-20(30-5)14-26(21(15)16(2)27)22(29)19(24-4)12-10-8-6-7-9-11-18-13-23(18,25-31)17(3)28/h9,11,15,18-21,24-25H,6-8,10,12-14,31H2,1-5H3/b11-9+/t15?,18-,19+,20+,21+,23+/m1/s1. The Labute approximate surface area is 189 Å². The number of methoxy groups -OCH3 is 1. The molecule has 0 aromatic rings. The molecule has 2 aliphatic rings. The van der Waals surface area contributed by atoms with E-state index in [2.05, 4.69) is 31.9 Å². The van der Waals surface area contributed by atoms with E-state index in [4.69, 9.17) is 4.74 Å². The topological polar surface area (TPSA) is 87.7 Å². The zero-order valence-electron chi connectivity index (χ0n) is 19.6. The Morgan fingerprint density at radius 1 is 1.26 bits per heavy atom. The number of hydrogen-bond donors (Lipinski definition) is 2. The average Bonchev–Trinajstić information content (AvgIpc) is 3.36. The van der Waals surface area contributed by atoms with E-state index >= 15 is 0 Å². The van der Waals surface area contributed by atoms with E-state index in [9.17, 15) is 14.4 Å². The maximum atomic E-state index is 13.1.